The van der Waals surface area contributed by atoms with Gasteiger partial charge in [0.15, 0.2) is 0 Å². The summed E-state index contributed by atoms with van der Waals surface area (Å²) in [5.41, 5.74) is 5.00. The standard InChI is InChI=1S/C24H28N4O2/c1-18-3-5-20(6-4-18)23(17-27-13-15-30-16-14-27)26-24(29)21-7-9-22(10-8-21)28-19(2)11-12-25-28/h3-12,23H,13-17H2,1-2H3,(H,26,29)/p+1/t23-/m0/s1. The fraction of sp³-hybridized carbons (Fsp3) is 0.333. The molecule has 0 unspecified atom stereocenters. The molecule has 1 fully saturated rings. The van der Waals surface area contributed by atoms with E-state index < -0.39 is 0 Å². The number of aromatic nitrogens is 2. The Kier molecular flexibility index (Phi) is 6.26. The molecule has 0 spiro atoms. The van der Waals surface area contributed by atoms with Gasteiger partial charge in [-0.2, -0.15) is 5.10 Å². The summed E-state index contributed by atoms with van der Waals surface area (Å²) in [5, 5.41) is 7.58. The van der Waals surface area contributed by atoms with Gasteiger partial charge in [0.1, 0.15) is 25.7 Å². The Morgan fingerprint density at radius 3 is 2.40 bits per heavy atom. The minimum Gasteiger partial charge on any atom is -0.370 e. The Hall–Kier alpha value is -2.96. The molecule has 2 heterocycles. The molecular weight excluding hydrogens is 376 g/mol. The highest BCUT2D eigenvalue weighted by molar-refractivity contribution is 5.94. The summed E-state index contributed by atoms with van der Waals surface area (Å²) < 4.78 is 7.35. The third-order valence-corrected chi connectivity index (χ3v) is 5.68. The second-order valence-corrected chi connectivity index (χ2v) is 7.93. The third-order valence-electron chi connectivity index (χ3n) is 5.68. The van der Waals surface area contributed by atoms with Gasteiger partial charge in [-0.1, -0.05) is 29.8 Å². The van der Waals surface area contributed by atoms with Crippen LogP contribution in [0.15, 0.2) is 60.8 Å². The first-order valence-electron chi connectivity index (χ1n) is 10.5. The number of nitrogens with one attached hydrogen (secondary N) is 2. The van der Waals surface area contributed by atoms with Crippen LogP contribution in [0.5, 0.6) is 0 Å². The smallest absolute Gasteiger partial charge is 0.251 e. The van der Waals surface area contributed by atoms with E-state index in [-0.39, 0.29) is 11.9 Å². The highest BCUT2D eigenvalue weighted by atomic mass is 16.5. The van der Waals surface area contributed by atoms with E-state index in [0.29, 0.717) is 5.56 Å². The van der Waals surface area contributed by atoms with Gasteiger partial charge in [-0.05, 0) is 49.7 Å². The molecule has 6 heteroatoms. The SMILES string of the molecule is Cc1ccc([C@H](C[NH+]2CCOCC2)NC(=O)c2ccc(-n3nccc3C)cc2)cc1. The summed E-state index contributed by atoms with van der Waals surface area (Å²) in [7, 11) is 0. The van der Waals surface area contributed by atoms with E-state index in [9.17, 15) is 4.79 Å². The van der Waals surface area contributed by atoms with Crippen molar-refractivity contribution in [2.24, 2.45) is 0 Å². The molecule has 3 aromatic rings. The molecule has 30 heavy (non-hydrogen) atoms. The molecule has 0 aliphatic carbocycles. The van der Waals surface area contributed by atoms with Gasteiger partial charge in [-0.3, -0.25) is 4.79 Å². The van der Waals surface area contributed by atoms with Gasteiger partial charge in [0.05, 0.1) is 18.9 Å². The van der Waals surface area contributed by atoms with Crippen LogP contribution in [0.4, 0.5) is 0 Å². The van der Waals surface area contributed by atoms with Crippen LogP contribution < -0.4 is 10.2 Å². The van der Waals surface area contributed by atoms with E-state index >= 15 is 0 Å². The van der Waals surface area contributed by atoms with Crippen molar-refractivity contribution in [3.05, 3.63) is 83.2 Å². The van der Waals surface area contributed by atoms with Gasteiger partial charge in [-0.15, -0.1) is 0 Å². The van der Waals surface area contributed by atoms with Gasteiger partial charge in [0.25, 0.3) is 5.91 Å². The van der Waals surface area contributed by atoms with E-state index in [1.54, 1.807) is 6.20 Å². The summed E-state index contributed by atoms with van der Waals surface area (Å²) in [6.07, 6.45) is 1.77. The molecule has 1 aliphatic rings. The van der Waals surface area contributed by atoms with E-state index in [1.807, 2.05) is 41.9 Å². The maximum absolute atomic E-state index is 13.0. The summed E-state index contributed by atoms with van der Waals surface area (Å²) >= 11 is 0. The number of hydrogen-bond acceptors (Lipinski definition) is 3. The van der Waals surface area contributed by atoms with Crippen LogP contribution in [0.25, 0.3) is 5.69 Å². The van der Waals surface area contributed by atoms with Crippen LogP contribution in [0.1, 0.15) is 33.2 Å². The molecule has 0 saturated carbocycles. The number of ether oxygens (including phenoxy) is 1. The summed E-state index contributed by atoms with van der Waals surface area (Å²) in [5.74, 6) is -0.0584. The van der Waals surface area contributed by atoms with Gasteiger partial charge in [-0.25, -0.2) is 4.68 Å². The number of morpholine rings is 1. The Bertz CT molecular complexity index is 973. The predicted octanol–water partition coefficient (Wildman–Crippen LogP) is 1.88. The summed E-state index contributed by atoms with van der Waals surface area (Å²) in [6, 6.07) is 17.9. The van der Waals surface area contributed by atoms with E-state index in [4.69, 9.17) is 4.74 Å². The number of carbonyl (C=O) groups is 1. The van der Waals surface area contributed by atoms with Crippen molar-refractivity contribution in [1.82, 2.24) is 15.1 Å². The van der Waals surface area contributed by atoms with Crippen LogP contribution in [0.2, 0.25) is 0 Å². The normalized spacial score (nSPS) is 15.7. The first kappa shape index (κ1) is 20.3. The molecular formula is C24H29N4O2+. The number of hydrogen-bond donors (Lipinski definition) is 2. The lowest BCUT2D eigenvalue weighted by Crippen LogP contribution is -3.14. The third kappa shape index (κ3) is 4.78. The maximum Gasteiger partial charge on any atom is 0.251 e. The van der Waals surface area contributed by atoms with Crippen LogP contribution in [0.3, 0.4) is 0 Å². The number of carbonyl (C=O) groups excluding carboxylic acids is 1. The second kappa shape index (κ2) is 9.24. The topological polar surface area (TPSA) is 60.6 Å². The lowest BCUT2D eigenvalue weighted by molar-refractivity contribution is -0.909. The molecule has 1 aromatic heterocycles. The van der Waals surface area contributed by atoms with E-state index in [1.165, 1.54) is 10.5 Å². The van der Waals surface area contributed by atoms with Crippen molar-refractivity contribution in [2.45, 2.75) is 19.9 Å². The Morgan fingerprint density at radius 2 is 1.77 bits per heavy atom. The first-order valence-corrected chi connectivity index (χ1v) is 10.5. The van der Waals surface area contributed by atoms with Gasteiger partial charge in [0, 0.05) is 17.5 Å². The molecule has 1 atom stereocenters. The monoisotopic (exact) mass is 405 g/mol. The van der Waals surface area contributed by atoms with Crippen molar-refractivity contribution in [2.75, 3.05) is 32.8 Å². The van der Waals surface area contributed by atoms with Crippen molar-refractivity contribution in [3.8, 4) is 5.69 Å². The molecule has 1 aliphatic heterocycles. The predicted molar refractivity (Wildman–Crippen MR) is 116 cm³/mol. The summed E-state index contributed by atoms with van der Waals surface area (Å²) in [6.45, 7) is 8.42. The highest BCUT2D eigenvalue weighted by Gasteiger charge is 2.23. The quantitative estimate of drug-likeness (QED) is 0.658. The van der Waals surface area contributed by atoms with Crippen molar-refractivity contribution < 1.29 is 14.4 Å². The van der Waals surface area contributed by atoms with Crippen LogP contribution >= 0.6 is 0 Å². The number of nitrogens with zero attached hydrogens (tertiary/aromatic N) is 2. The molecule has 0 radical (unpaired) electrons. The highest BCUT2D eigenvalue weighted by Crippen LogP contribution is 2.15. The lowest BCUT2D eigenvalue weighted by atomic mass is 10.0. The molecule has 0 bridgehead atoms. The lowest BCUT2D eigenvalue weighted by Gasteiger charge is -2.28. The Morgan fingerprint density at radius 1 is 1.07 bits per heavy atom. The molecule has 2 aromatic carbocycles. The van der Waals surface area contributed by atoms with Gasteiger partial charge >= 0.3 is 0 Å². The number of rotatable bonds is 6. The van der Waals surface area contributed by atoms with Crippen molar-refractivity contribution in [1.29, 1.82) is 0 Å². The molecule has 2 N–H and O–H groups in total. The second-order valence-electron chi connectivity index (χ2n) is 7.93. The molecule has 4 rings (SSSR count). The molecule has 156 valence electrons. The number of aryl methyl sites for hydroxylation is 2. The maximum atomic E-state index is 13.0. The molecule has 1 saturated heterocycles. The Labute approximate surface area is 177 Å². The van der Waals surface area contributed by atoms with E-state index in [2.05, 4.69) is 41.6 Å². The zero-order valence-electron chi connectivity index (χ0n) is 17.6. The average Bonchev–Trinajstić information content (AvgIpc) is 3.20. The van der Waals surface area contributed by atoms with Gasteiger partial charge in [0.2, 0.25) is 0 Å². The Balaban J connectivity index is 1.50. The zero-order chi connectivity index (χ0) is 20.9. The number of quaternary nitrogens is 1. The fourth-order valence-corrected chi connectivity index (χ4v) is 3.84. The van der Waals surface area contributed by atoms with Crippen LogP contribution in [0, 0.1) is 13.8 Å². The number of amides is 1. The minimum absolute atomic E-state index is 0.0424. The molecule has 6 nitrogen and oxygen atoms in total. The van der Waals surface area contributed by atoms with E-state index in [0.717, 1.165) is 49.8 Å². The van der Waals surface area contributed by atoms with Crippen molar-refractivity contribution >= 4 is 5.91 Å². The average molecular weight is 406 g/mol. The fourth-order valence-electron chi connectivity index (χ4n) is 3.84. The minimum atomic E-state index is -0.0584. The largest absolute Gasteiger partial charge is 0.370 e. The van der Waals surface area contributed by atoms with Crippen LogP contribution in [-0.4, -0.2) is 48.5 Å². The zero-order valence-corrected chi connectivity index (χ0v) is 17.6. The number of benzene rings is 2. The van der Waals surface area contributed by atoms with Crippen molar-refractivity contribution in [3.63, 3.8) is 0 Å². The van der Waals surface area contributed by atoms with Gasteiger partial charge < -0.3 is 15.0 Å². The molecule has 1 amide bonds. The summed E-state index contributed by atoms with van der Waals surface area (Å²) in [4.78, 5) is 14.5. The van der Waals surface area contributed by atoms with Crippen LogP contribution in [-0.2, 0) is 4.74 Å². The first-order chi connectivity index (χ1) is 14.6.